The summed E-state index contributed by atoms with van der Waals surface area (Å²) in [5, 5.41) is 9.88. The molecule has 0 saturated carbocycles. The van der Waals surface area contributed by atoms with E-state index < -0.39 is 0 Å². The molecule has 0 unspecified atom stereocenters. The number of amides is 2. The number of phenolic OH excluding ortho intramolecular Hbond substituents is 1. The first-order valence-electron chi connectivity index (χ1n) is 7.03. The van der Waals surface area contributed by atoms with Crippen molar-refractivity contribution in [2.75, 3.05) is 0 Å². The highest BCUT2D eigenvalue weighted by Crippen LogP contribution is 2.36. The molecule has 1 saturated heterocycles. The lowest BCUT2D eigenvalue weighted by molar-refractivity contribution is -0.123. The number of hydrogen-bond acceptors (Lipinski definition) is 4. The van der Waals surface area contributed by atoms with Crippen molar-refractivity contribution in [3.63, 3.8) is 0 Å². The molecular formula is C17H10BrI2NO3S. The maximum absolute atomic E-state index is 12.6. The zero-order chi connectivity index (χ0) is 18.1. The Bertz CT molecular complexity index is 917. The van der Waals surface area contributed by atoms with Crippen LogP contribution in [0.25, 0.3) is 6.08 Å². The summed E-state index contributed by atoms with van der Waals surface area (Å²) in [6, 6.07) is 11.1. The van der Waals surface area contributed by atoms with E-state index in [0.29, 0.717) is 14.0 Å². The molecule has 25 heavy (non-hydrogen) atoms. The minimum atomic E-state index is -0.348. The van der Waals surface area contributed by atoms with Gasteiger partial charge in [-0.1, -0.05) is 34.1 Å². The van der Waals surface area contributed by atoms with Crippen LogP contribution >= 0.6 is 72.9 Å². The van der Waals surface area contributed by atoms with E-state index in [1.165, 1.54) is 4.90 Å². The lowest BCUT2D eigenvalue weighted by atomic mass is 10.2. The van der Waals surface area contributed by atoms with Gasteiger partial charge in [0, 0.05) is 13.6 Å². The summed E-state index contributed by atoms with van der Waals surface area (Å²) in [6.45, 7) is 0.208. The number of hydrogen-bond donors (Lipinski definition) is 1. The van der Waals surface area contributed by atoms with Crippen molar-refractivity contribution in [1.29, 1.82) is 0 Å². The highest BCUT2D eigenvalue weighted by molar-refractivity contribution is 14.1. The number of rotatable bonds is 3. The lowest BCUT2D eigenvalue weighted by Crippen LogP contribution is -2.27. The molecule has 2 aromatic rings. The largest absolute Gasteiger partial charge is 0.506 e. The number of carbonyl (C=O) groups is 2. The van der Waals surface area contributed by atoms with Crippen LogP contribution in [0.3, 0.4) is 0 Å². The van der Waals surface area contributed by atoms with Crippen molar-refractivity contribution < 1.29 is 14.7 Å². The molecule has 8 heteroatoms. The van der Waals surface area contributed by atoms with Crippen LogP contribution in [-0.2, 0) is 11.3 Å². The van der Waals surface area contributed by atoms with Gasteiger partial charge in [0.2, 0.25) is 0 Å². The van der Waals surface area contributed by atoms with Crippen molar-refractivity contribution in [2.45, 2.75) is 6.54 Å². The molecule has 1 N–H and O–H groups in total. The summed E-state index contributed by atoms with van der Waals surface area (Å²) in [6.07, 6.45) is 1.57. The zero-order valence-corrected chi connectivity index (χ0v) is 19.2. The molecule has 3 rings (SSSR count). The van der Waals surface area contributed by atoms with E-state index >= 15 is 0 Å². The number of phenols is 1. The lowest BCUT2D eigenvalue weighted by Gasteiger charge is -2.13. The number of nitrogens with zero attached hydrogens (tertiary/aromatic N) is 1. The van der Waals surface area contributed by atoms with E-state index in [9.17, 15) is 14.7 Å². The van der Waals surface area contributed by atoms with Crippen molar-refractivity contribution in [3.05, 3.63) is 64.0 Å². The van der Waals surface area contributed by atoms with Gasteiger partial charge in [0.05, 0.1) is 15.0 Å². The molecule has 0 aromatic heterocycles. The summed E-state index contributed by atoms with van der Waals surface area (Å²) in [7, 11) is 0. The molecule has 2 amide bonds. The van der Waals surface area contributed by atoms with Gasteiger partial charge in [0.1, 0.15) is 5.75 Å². The predicted molar refractivity (Wildman–Crippen MR) is 119 cm³/mol. The van der Waals surface area contributed by atoms with Gasteiger partial charge in [-0.25, -0.2) is 0 Å². The molecular weight excluding hydrogens is 632 g/mol. The summed E-state index contributed by atoms with van der Waals surface area (Å²) < 4.78 is 2.49. The van der Waals surface area contributed by atoms with Gasteiger partial charge in [-0.2, -0.15) is 0 Å². The Morgan fingerprint density at radius 1 is 1.20 bits per heavy atom. The van der Waals surface area contributed by atoms with Gasteiger partial charge in [-0.15, -0.1) is 0 Å². The van der Waals surface area contributed by atoms with Crippen LogP contribution < -0.4 is 0 Å². The molecule has 1 heterocycles. The number of thioether (sulfide) groups is 1. The van der Waals surface area contributed by atoms with Crippen LogP contribution in [0, 0.1) is 7.14 Å². The third-order valence-corrected chi connectivity index (χ3v) is 6.63. The van der Waals surface area contributed by atoms with Gasteiger partial charge >= 0.3 is 0 Å². The first kappa shape index (κ1) is 19.2. The molecule has 0 spiro atoms. The van der Waals surface area contributed by atoms with Gasteiger partial charge < -0.3 is 5.11 Å². The Morgan fingerprint density at radius 2 is 1.92 bits per heavy atom. The second-order valence-electron chi connectivity index (χ2n) is 5.18. The van der Waals surface area contributed by atoms with E-state index in [1.54, 1.807) is 12.1 Å². The normalized spacial score (nSPS) is 16.1. The average molecular weight is 642 g/mol. The van der Waals surface area contributed by atoms with Crippen LogP contribution in [0.5, 0.6) is 5.75 Å². The monoisotopic (exact) mass is 641 g/mol. The number of benzene rings is 2. The number of aromatic hydroxyl groups is 1. The molecule has 1 aliphatic heterocycles. The standard InChI is InChI=1S/C17H10BrI2NO3S/c18-12-4-2-1-3-9(12)8-21-16(23)14(25-17(21)24)6-10-5-11(19)7-13(20)15(10)22/h1-7,22H,8H2/b14-6-. The van der Waals surface area contributed by atoms with Crippen LogP contribution in [0.4, 0.5) is 4.79 Å². The Morgan fingerprint density at radius 3 is 2.64 bits per heavy atom. The molecule has 1 fully saturated rings. The van der Waals surface area contributed by atoms with Crippen LogP contribution in [0.15, 0.2) is 45.8 Å². The summed E-state index contributed by atoms with van der Waals surface area (Å²) in [5.74, 6) is -0.238. The number of imide groups is 1. The van der Waals surface area contributed by atoms with Gasteiger partial charge in [0.15, 0.2) is 0 Å². The van der Waals surface area contributed by atoms with Crippen molar-refractivity contribution in [2.24, 2.45) is 0 Å². The maximum Gasteiger partial charge on any atom is 0.293 e. The Hall–Kier alpha value is -0.590. The Kier molecular flexibility index (Phi) is 6.11. The van der Waals surface area contributed by atoms with E-state index in [2.05, 4.69) is 38.5 Å². The summed E-state index contributed by atoms with van der Waals surface area (Å²) in [4.78, 5) is 26.4. The molecule has 128 valence electrons. The first-order chi connectivity index (χ1) is 11.9. The van der Waals surface area contributed by atoms with Crippen molar-refractivity contribution in [3.8, 4) is 5.75 Å². The smallest absolute Gasteiger partial charge is 0.293 e. The third-order valence-electron chi connectivity index (χ3n) is 3.50. The molecule has 0 radical (unpaired) electrons. The average Bonchev–Trinajstić information content (AvgIpc) is 2.81. The van der Waals surface area contributed by atoms with E-state index in [0.717, 1.165) is 25.4 Å². The fraction of sp³-hybridized carbons (Fsp3) is 0.0588. The SMILES string of the molecule is O=C1S/C(=C\c2cc(I)cc(I)c2O)C(=O)N1Cc1ccccc1Br. The quantitative estimate of drug-likeness (QED) is 0.350. The Labute approximate surface area is 184 Å². The maximum atomic E-state index is 12.6. The van der Waals surface area contributed by atoms with E-state index in [4.69, 9.17) is 0 Å². The minimum absolute atomic E-state index is 0.110. The van der Waals surface area contributed by atoms with Gasteiger partial charge in [-0.3, -0.25) is 14.5 Å². The zero-order valence-electron chi connectivity index (χ0n) is 12.5. The number of halogens is 3. The summed E-state index contributed by atoms with van der Waals surface area (Å²) >= 11 is 8.50. The highest BCUT2D eigenvalue weighted by atomic mass is 127. The summed E-state index contributed by atoms with van der Waals surface area (Å²) in [5.41, 5.74) is 1.39. The fourth-order valence-corrected chi connectivity index (χ4v) is 5.40. The topological polar surface area (TPSA) is 57.6 Å². The fourth-order valence-electron chi connectivity index (χ4n) is 2.27. The first-order valence-corrected chi connectivity index (χ1v) is 10.8. The van der Waals surface area contributed by atoms with Crippen molar-refractivity contribution in [1.82, 2.24) is 4.90 Å². The number of carbonyl (C=O) groups excluding carboxylic acids is 2. The molecule has 0 bridgehead atoms. The van der Waals surface area contributed by atoms with Gasteiger partial charge in [0.25, 0.3) is 11.1 Å². The van der Waals surface area contributed by atoms with Gasteiger partial charge in [-0.05, 0) is 86.8 Å². The van der Waals surface area contributed by atoms with E-state index in [1.807, 2.05) is 52.9 Å². The second-order valence-corrected chi connectivity index (χ2v) is 9.44. The van der Waals surface area contributed by atoms with Crippen molar-refractivity contribution >= 4 is 90.1 Å². The molecule has 2 aromatic carbocycles. The van der Waals surface area contributed by atoms with Crippen LogP contribution in [-0.4, -0.2) is 21.2 Å². The molecule has 4 nitrogen and oxygen atoms in total. The third kappa shape index (κ3) is 4.22. The van der Waals surface area contributed by atoms with E-state index in [-0.39, 0.29) is 23.4 Å². The minimum Gasteiger partial charge on any atom is -0.506 e. The van der Waals surface area contributed by atoms with Crippen LogP contribution in [0.1, 0.15) is 11.1 Å². The highest BCUT2D eigenvalue weighted by Gasteiger charge is 2.35. The molecule has 0 aliphatic carbocycles. The second kappa shape index (κ2) is 7.97. The Balaban J connectivity index is 1.90. The van der Waals surface area contributed by atoms with Crippen LogP contribution in [0.2, 0.25) is 0 Å². The molecule has 1 aliphatic rings. The molecule has 0 atom stereocenters. The predicted octanol–water partition coefficient (Wildman–Crippen LogP) is 5.60.